The van der Waals surface area contributed by atoms with E-state index in [-0.39, 0.29) is 0 Å². The first-order valence-corrected chi connectivity index (χ1v) is 12.6. The standard InChI is InChI=1S/C28H22N4OS/c1-3-11-23-19(2)18-29-28(30-23)32-24-16-9-7-14-21(24)26-22-15-8-10-17-25(22)34(33,31-27(26)32)20-12-5-4-6-13-20/h3-18H,1-2H3/b11-3-. The molecule has 2 aromatic heterocycles. The van der Waals surface area contributed by atoms with Crippen LogP contribution in [-0.2, 0) is 9.73 Å². The van der Waals surface area contributed by atoms with Crippen LogP contribution in [0.15, 0.2) is 105 Å². The molecule has 1 aliphatic rings. The quantitative estimate of drug-likeness (QED) is 0.286. The van der Waals surface area contributed by atoms with Gasteiger partial charge in [-0.05, 0) is 49.8 Å². The van der Waals surface area contributed by atoms with Gasteiger partial charge >= 0.3 is 0 Å². The molecule has 0 saturated carbocycles. The lowest BCUT2D eigenvalue weighted by molar-refractivity contribution is 0.676. The number of hydrogen-bond donors (Lipinski definition) is 0. The van der Waals surface area contributed by atoms with Crippen LogP contribution in [0.4, 0.5) is 5.82 Å². The Morgan fingerprint density at radius 2 is 1.65 bits per heavy atom. The molecule has 0 bridgehead atoms. The van der Waals surface area contributed by atoms with E-state index in [4.69, 9.17) is 9.35 Å². The molecule has 0 aliphatic carbocycles. The maximum Gasteiger partial charge on any atom is 0.236 e. The number of allylic oxidation sites excluding steroid dienone is 1. The van der Waals surface area contributed by atoms with Gasteiger partial charge in [-0.1, -0.05) is 60.7 Å². The van der Waals surface area contributed by atoms with Crippen LogP contribution < -0.4 is 0 Å². The topological polar surface area (TPSA) is 60.1 Å². The minimum atomic E-state index is -2.91. The molecule has 1 aliphatic heterocycles. The number of para-hydroxylation sites is 1. The first-order valence-electron chi connectivity index (χ1n) is 11.1. The van der Waals surface area contributed by atoms with Crippen LogP contribution in [0.3, 0.4) is 0 Å². The summed E-state index contributed by atoms with van der Waals surface area (Å²) in [6, 6.07) is 25.5. The first kappa shape index (κ1) is 20.6. The normalized spacial score (nSPS) is 16.9. The molecule has 6 rings (SSSR count). The molecular weight excluding hydrogens is 440 g/mol. The van der Waals surface area contributed by atoms with Crippen LogP contribution in [0.5, 0.6) is 0 Å². The van der Waals surface area contributed by atoms with Crippen molar-refractivity contribution in [3.05, 3.63) is 102 Å². The maximum absolute atomic E-state index is 14.6. The number of aromatic nitrogens is 3. The van der Waals surface area contributed by atoms with E-state index in [1.807, 2.05) is 110 Å². The monoisotopic (exact) mass is 462 g/mol. The second-order valence-corrected chi connectivity index (χ2v) is 10.4. The minimum Gasteiger partial charge on any atom is -0.261 e. The molecule has 166 valence electrons. The fraction of sp³-hybridized carbons (Fsp3) is 0.0714. The molecular formula is C28H22N4OS. The van der Waals surface area contributed by atoms with Crippen molar-refractivity contribution in [2.75, 3.05) is 0 Å². The molecule has 3 heterocycles. The van der Waals surface area contributed by atoms with Crippen molar-refractivity contribution >= 4 is 32.5 Å². The van der Waals surface area contributed by atoms with Crippen molar-refractivity contribution in [1.29, 1.82) is 0 Å². The third-order valence-corrected chi connectivity index (χ3v) is 8.40. The molecule has 5 aromatic rings. The maximum atomic E-state index is 14.6. The zero-order valence-electron chi connectivity index (χ0n) is 18.8. The highest BCUT2D eigenvalue weighted by molar-refractivity contribution is 7.94. The zero-order valence-corrected chi connectivity index (χ0v) is 19.7. The molecule has 3 aromatic carbocycles. The van der Waals surface area contributed by atoms with Gasteiger partial charge in [-0.2, -0.15) is 4.36 Å². The van der Waals surface area contributed by atoms with E-state index < -0.39 is 9.73 Å². The number of rotatable bonds is 3. The summed E-state index contributed by atoms with van der Waals surface area (Å²) < 4.78 is 21.6. The van der Waals surface area contributed by atoms with Gasteiger partial charge in [-0.15, -0.1) is 0 Å². The first-order chi connectivity index (χ1) is 16.6. The number of fused-ring (bicyclic) bond motifs is 5. The Morgan fingerprint density at radius 1 is 0.912 bits per heavy atom. The molecule has 0 saturated heterocycles. The molecule has 0 spiro atoms. The number of benzene rings is 3. The van der Waals surface area contributed by atoms with Gasteiger partial charge < -0.3 is 0 Å². The molecule has 1 atom stereocenters. The van der Waals surface area contributed by atoms with Gasteiger partial charge in [0.2, 0.25) is 5.95 Å². The molecule has 0 N–H and O–H groups in total. The highest BCUT2D eigenvalue weighted by Crippen LogP contribution is 2.49. The smallest absolute Gasteiger partial charge is 0.236 e. The van der Waals surface area contributed by atoms with Crippen LogP contribution in [0.1, 0.15) is 18.2 Å². The molecule has 5 nitrogen and oxygen atoms in total. The van der Waals surface area contributed by atoms with Gasteiger partial charge in [0.25, 0.3) is 0 Å². The molecule has 1 unspecified atom stereocenters. The van der Waals surface area contributed by atoms with Crippen LogP contribution in [0.2, 0.25) is 0 Å². The van der Waals surface area contributed by atoms with Crippen molar-refractivity contribution in [3.8, 4) is 17.1 Å². The largest absolute Gasteiger partial charge is 0.261 e. The second-order valence-electron chi connectivity index (χ2n) is 8.22. The predicted octanol–water partition coefficient (Wildman–Crippen LogP) is 6.96. The molecule has 0 fully saturated rings. The van der Waals surface area contributed by atoms with E-state index >= 15 is 0 Å². The summed E-state index contributed by atoms with van der Waals surface area (Å²) in [5.41, 5.74) is 4.65. The summed E-state index contributed by atoms with van der Waals surface area (Å²) in [5.74, 6) is 1.12. The Bertz CT molecular complexity index is 1720. The number of nitrogens with zero attached hydrogens (tertiary/aromatic N) is 4. The molecule has 0 radical (unpaired) electrons. The van der Waals surface area contributed by atoms with E-state index in [1.165, 1.54) is 0 Å². The van der Waals surface area contributed by atoms with Crippen LogP contribution in [0.25, 0.3) is 34.1 Å². The van der Waals surface area contributed by atoms with Crippen molar-refractivity contribution < 1.29 is 4.21 Å². The SMILES string of the molecule is C/C=C\c1nc(-n2c3c(c4ccccc42)-c2ccccc2S(=O)(c2ccccc2)=N3)ncc1C. The van der Waals surface area contributed by atoms with E-state index in [0.717, 1.165) is 38.2 Å². The van der Waals surface area contributed by atoms with Crippen molar-refractivity contribution in [2.24, 2.45) is 4.36 Å². The second kappa shape index (κ2) is 7.78. The third kappa shape index (κ3) is 2.96. The minimum absolute atomic E-state index is 0.508. The highest BCUT2D eigenvalue weighted by Gasteiger charge is 2.32. The lowest BCUT2D eigenvalue weighted by Crippen LogP contribution is -2.09. The van der Waals surface area contributed by atoms with Crippen LogP contribution in [0, 0.1) is 6.92 Å². The predicted molar refractivity (Wildman–Crippen MR) is 137 cm³/mol. The lowest BCUT2D eigenvalue weighted by atomic mass is 10.0. The summed E-state index contributed by atoms with van der Waals surface area (Å²) in [6.07, 6.45) is 5.76. The van der Waals surface area contributed by atoms with E-state index in [1.54, 1.807) is 0 Å². The Labute approximate surface area is 198 Å². The summed E-state index contributed by atoms with van der Waals surface area (Å²) in [4.78, 5) is 10.9. The Morgan fingerprint density at radius 3 is 2.47 bits per heavy atom. The van der Waals surface area contributed by atoms with E-state index in [9.17, 15) is 4.21 Å². The van der Waals surface area contributed by atoms with Crippen molar-refractivity contribution in [2.45, 2.75) is 23.6 Å². The van der Waals surface area contributed by atoms with Gasteiger partial charge in [0.05, 0.1) is 21.0 Å². The van der Waals surface area contributed by atoms with Gasteiger partial charge in [0, 0.05) is 22.7 Å². The number of hydrogen-bond acceptors (Lipinski definition) is 4. The molecule has 34 heavy (non-hydrogen) atoms. The average molecular weight is 463 g/mol. The molecule has 6 heteroatoms. The average Bonchev–Trinajstić information content (AvgIpc) is 3.20. The Balaban J connectivity index is 1.78. The summed E-state index contributed by atoms with van der Waals surface area (Å²) >= 11 is 0. The summed E-state index contributed by atoms with van der Waals surface area (Å²) in [5, 5.41) is 1.03. The fourth-order valence-electron chi connectivity index (χ4n) is 4.53. The van der Waals surface area contributed by atoms with E-state index in [0.29, 0.717) is 16.7 Å². The Hall–Kier alpha value is -4.03. The highest BCUT2D eigenvalue weighted by atomic mass is 32.2. The Kier molecular flexibility index (Phi) is 4.71. The number of aryl methyl sites for hydroxylation is 1. The van der Waals surface area contributed by atoms with Gasteiger partial charge in [0.15, 0.2) is 5.82 Å². The van der Waals surface area contributed by atoms with Crippen molar-refractivity contribution in [3.63, 3.8) is 0 Å². The zero-order chi connectivity index (χ0) is 23.3. The molecule has 0 amide bonds. The van der Waals surface area contributed by atoms with Gasteiger partial charge in [0.1, 0.15) is 9.73 Å². The van der Waals surface area contributed by atoms with Crippen LogP contribution in [-0.4, -0.2) is 18.7 Å². The van der Waals surface area contributed by atoms with Crippen LogP contribution >= 0.6 is 0 Å². The lowest BCUT2D eigenvalue weighted by Gasteiger charge is -2.20. The van der Waals surface area contributed by atoms with E-state index in [2.05, 4.69) is 11.1 Å². The van der Waals surface area contributed by atoms with Gasteiger partial charge in [-0.3, -0.25) is 4.57 Å². The van der Waals surface area contributed by atoms with Gasteiger partial charge in [-0.25, -0.2) is 14.2 Å². The third-order valence-electron chi connectivity index (χ3n) is 6.10. The summed E-state index contributed by atoms with van der Waals surface area (Å²) in [7, 11) is -2.91. The summed E-state index contributed by atoms with van der Waals surface area (Å²) in [6.45, 7) is 3.96. The van der Waals surface area contributed by atoms with Crippen molar-refractivity contribution in [1.82, 2.24) is 14.5 Å². The fourth-order valence-corrected chi connectivity index (χ4v) is 6.66.